The van der Waals surface area contributed by atoms with Crippen molar-refractivity contribution >= 4 is 18.1 Å². The summed E-state index contributed by atoms with van der Waals surface area (Å²) in [5.74, 6) is 0. The van der Waals surface area contributed by atoms with Gasteiger partial charge in [-0.05, 0) is 0 Å². The summed E-state index contributed by atoms with van der Waals surface area (Å²) in [5.41, 5.74) is 0. The molecule has 0 aliphatic carbocycles. The van der Waals surface area contributed by atoms with Crippen LogP contribution in [0.2, 0.25) is 0 Å². The molecule has 0 heterocycles. The zero-order valence-electron chi connectivity index (χ0n) is 5.13. The molecule has 0 amide bonds. The van der Waals surface area contributed by atoms with Gasteiger partial charge in [0.15, 0.2) is 0 Å². The molecule has 8 nitrogen and oxygen atoms in total. The average Bonchev–Trinajstić information content (AvgIpc) is 1.12. The monoisotopic (exact) mass is 300 g/mol. The van der Waals surface area contributed by atoms with Crippen LogP contribution in [0.15, 0.2) is 0 Å². The van der Waals surface area contributed by atoms with Gasteiger partial charge in [0.1, 0.15) is 0 Å². The van der Waals surface area contributed by atoms with E-state index in [1.54, 1.807) is 0 Å². The summed E-state index contributed by atoms with van der Waals surface area (Å²) in [6.45, 7) is 0. The fourth-order valence-electron chi connectivity index (χ4n) is 0. The first kappa shape index (κ1) is 23.2. The van der Waals surface area contributed by atoms with E-state index in [1.165, 1.54) is 0 Å². The Morgan fingerprint density at radius 3 is 0.667 bits per heavy atom. The van der Waals surface area contributed by atoms with Gasteiger partial charge < -0.3 is 47.4 Å². The Labute approximate surface area is 90.7 Å². The molecule has 0 aliphatic heterocycles. The summed E-state index contributed by atoms with van der Waals surface area (Å²) < 4.78 is 0. The Morgan fingerprint density at radius 1 is 0.667 bits per heavy atom. The Balaban J connectivity index is -0.0000000457. The summed E-state index contributed by atoms with van der Waals surface area (Å²) in [7, 11) is -10.2. The van der Waals surface area contributed by atoms with Gasteiger partial charge in [0, 0.05) is 0 Å². The summed E-state index contributed by atoms with van der Waals surface area (Å²) in [6.07, 6.45) is 0. The van der Waals surface area contributed by atoms with Crippen molar-refractivity contribution in [3.05, 3.63) is 0 Å². The normalized spacial score (nSPS) is 10.0. The predicted molar refractivity (Wildman–Crippen MR) is 20.4 cm³/mol. The van der Waals surface area contributed by atoms with Crippen LogP contribution in [-0.4, -0.2) is 37.3 Å². The maximum absolute atomic E-state index is 8.58. The molecule has 0 atom stereocenters. The van der Waals surface area contributed by atoms with Gasteiger partial charge in [0.2, 0.25) is 0 Å². The number of rotatable bonds is 0. The fourth-order valence-corrected chi connectivity index (χ4v) is 0. The second-order valence-electron chi connectivity index (χ2n) is 1.10. The van der Waals surface area contributed by atoms with E-state index in [4.69, 9.17) is 38.4 Å². The molecular formula is H4Fe2O8Si2. The first-order valence-electron chi connectivity index (χ1n) is 1.71. The number of hydrogen-bond donors (Lipinski definition) is 4. The van der Waals surface area contributed by atoms with Crippen molar-refractivity contribution in [3.8, 4) is 0 Å². The Kier molecular flexibility index (Phi) is 16.9. The van der Waals surface area contributed by atoms with Crippen LogP contribution in [0.1, 0.15) is 0 Å². The largest absolute Gasteiger partial charge is 2.00 e. The van der Waals surface area contributed by atoms with Crippen molar-refractivity contribution in [2.24, 2.45) is 0 Å². The number of hydrogen-bond acceptors (Lipinski definition) is 8. The summed E-state index contributed by atoms with van der Waals surface area (Å²) >= 11 is 0. The van der Waals surface area contributed by atoms with E-state index in [1.807, 2.05) is 0 Å². The van der Waals surface area contributed by atoms with E-state index in [9.17, 15) is 0 Å². The molecule has 0 aromatic rings. The molecular weight excluding hydrogens is 296 g/mol. The van der Waals surface area contributed by atoms with Crippen LogP contribution in [-0.2, 0) is 34.1 Å². The van der Waals surface area contributed by atoms with Crippen molar-refractivity contribution in [1.29, 1.82) is 0 Å². The fraction of sp³-hybridized carbons (Fsp3) is 0. The molecule has 0 saturated carbocycles. The molecule has 0 saturated heterocycles. The molecule has 0 rings (SSSR count). The molecule has 0 fully saturated rings. The molecule has 0 unspecified atom stereocenters. The van der Waals surface area contributed by atoms with Crippen LogP contribution in [0.25, 0.3) is 0 Å². The minimum absolute atomic E-state index is 0. The molecule has 0 aliphatic rings. The smallest absolute Gasteiger partial charge is 0.894 e. The second-order valence-corrected chi connectivity index (χ2v) is 3.30. The first-order valence-corrected chi connectivity index (χ1v) is 5.13. The van der Waals surface area contributed by atoms with Gasteiger partial charge in [-0.3, -0.25) is 0 Å². The molecule has 76 valence electrons. The third-order valence-electron chi connectivity index (χ3n) is 0. The topological polar surface area (TPSA) is 173 Å². The molecule has 12 heteroatoms. The van der Waals surface area contributed by atoms with E-state index in [0.717, 1.165) is 0 Å². The standard InChI is InChI=1S/2Fe.H4O4Si.O4Si/c;;2*1-5(2,3)4/h;;1-4H;/q2*+2;;-4. The van der Waals surface area contributed by atoms with Gasteiger partial charge in [-0.25, -0.2) is 0 Å². The predicted octanol–water partition coefficient (Wildman–Crippen LogP) is -7.75. The molecule has 4 N–H and O–H groups in total. The third-order valence-corrected chi connectivity index (χ3v) is 0. The van der Waals surface area contributed by atoms with Crippen molar-refractivity contribution < 1.29 is 72.5 Å². The minimum Gasteiger partial charge on any atom is -0.894 e. The van der Waals surface area contributed by atoms with Crippen LogP contribution >= 0.6 is 0 Å². The molecule has 0 spiro atoms. The van der Waals surface area contributed by atoms with Crippen LogP contribution in [0, 0.1) is 0 Å². The minimum atomic E-state index is -5.61. The average molecular weight is 300 g/mol. The summed E-state index contributed by atoms with van der Waals surface area (Å²) in [6, 6.07) is 0. The molecule has 12 heavy (non-hydrogen) atoms. The van der Waals surface area contributed by atoms with E-state index in [2.05, 4.69) is 0 Å². The van der Waals surface area contributed by atoms with E-state index >= 15 is 0 Å². The van der Waals surface area contributed by atoms with Gasteiger partial charge in [-0.15, -0.1) is 0 Å². The molecule has 0 aromatic heterocycles. The summed E-state index contributed by atoms with van der Waals surface area (Å²) in [5, 5.41) is 0. The van der Waals surface area contributed by atoms with Gasteiger partial charge in [0.25, 0.3) is 0 Å². The van der Waals surface area contributed by atoms with Gasteiger partial charge in [0.05, 0.1) is 0 Å². The molecule has 0 radical (unpaired) electrons. The van der Waals surface area contributed by atoms with Crippen molar-refractivity contribution in [3.63, 3.8) is 0 Å². The van der Waals surface area contributed by atoms with Crippen LogP contribution in [0.3, 0.4) is 0 Å². The van der Waals surface area contributed by atoms with Gasteiger partial charge >= 0.3 is 43.2 Å². The van der Waals surface area contributed by atoms with Crippen molar-refractivity contribution in [2.45, 2.75) is 0 Å². The maximum Gasteiger partial charge on any atom is 2.00 e. The Hall–Kier alpha value is 1.15. The SMILES string of the molecule is O[Si](O)(O)O.[Fe+2].[Fe+2].[O-][Si]([O-])([O-])[O-]. The van der Waals surface area contributed by atoms with Gasteiger partial charge in [-0.1, -0.05) is 0 Å². The Bertz CT molecular complexity index is 58.0. The van der Waals surface area contributed by atoms with E-state index < -0.39 is 18.1 Å². The van der Waals surface area contributed by atoms with Gasteiger partial charge in [-0.2, -0.15) is 0 Å². The Morgan fingerprint density at radius 2 is 0.667 bits per heavy atom. The van der Waals surface area contributed by atoms with E-state index in [0.29, 0.717) is 0 Å². The molecule has 0 bridgehead atoms. The van der Waals surface area contributed by atoms with E-state index in [-0.39, 0.29) is 34.1 Å². The van der Waals surface area contributed by atoms with Crippen LogP contribution in [0.4, 0.5) is 0 Å². The first-order chi connectivity index (χ1) is 4.00. The second kappa shape index (κ2) is 8.74. The molecule has 0 aromatic carbocycles. The van der Waals surface area contributed by atoms with Crippen molar-refractivity contribution in [2.75, 3.05) is 0 Å². The third kappa shape index (κ3) is 865. The van der Waals surface area contributed by atoms with Crippen LogP contribution < -0.4 is 19.2 Å². The summed E-state index contributed by atoms with van der Waals surface area (Å²) in [4.78, 5) is 63.6. The maximum atomic E-state index is 8.58. The van der Waals surface area contributed by atoms with Crippen molar-refractivity contribution in [1.82, 2.24) is 0 Å². The zero-order valence-corrected chi connectivity index (χ0v) is 9.34. The quantitative estimate of drug-likeness (QED) is 0.319. The zero-order chi connectivity index (χ0) is 9.00. The van der Waals surface area contributed by atoms with Crippen LogP contribution in [0.5, 0.6) is 0 Å².